The lowest BCUT2D eigenvalue weighted by Gasteiger charge is -2.20. The Morgan fingerprint density at radius 3 is 2.83 bits per heavy atom. The highest BCUT2D eigenvalue weighted by Gasteiger charge is 2.30. The molecule has 1 fully saturated rings. The first-order valence-corrected chi connectivity index (χ1v) is 11.5. The number of hydrogen-bond acceptors (Lipinski definition) is 6. The fourth-order valence-electron chi connectivity index (χ4n) is 3.93. The van der Waals surface area contributed by atoms with Crippen LogP contribution < -0.4 is 20.7 Å². The number of benzene rings is 2. The number of fused-ring (bicyclic) bond motifs is 1. The third-order valence-corrected chi connectivity index (χ3v) is 6.23. The van der Waals surface area contributed by atoms with E-state index < -0.39 is 11.9 Å². The topological polar surface area (TPSA) is 119 Å². The second-order valence-corrected chi connectivity index (χ2v) is 8.66. The van der Waals surface area contributed by atoms with Gasteiger partial charge in [-0.3, -0.25) is 14.9 Å². The Morgan fingerprint density at radius 2 is 2.06 bits per heavy atom. The Balaban J connectivity index is 1.42. The molecular weight excluding hydrogens is 474 g/mol. The summed E-state index contributed by atoms with van der Waals surface area (Å²) in [7, 11) is 1.59. The van der Waals surface area contributed by atoms with Crippen molar-refractivity contribution in [1.29, 1.82) is 0 Å². The first-order chi connectivity index (χ1) is 16.9. The number of piperidine rings is 1. The standard InChI is InChI=1S/C25H26ClN3O6/c1-14-20(26)10-16(11-22(14)34-8-7-33-2)28-25(32)27-12-15-3-5-21-18(9-15)19(13-35-21)17-4-6-23(30)29-24(17)31/h3,5,9-11,13,17H,4,6-8,12H2,1-2H3,(H2,27,28,32)(H,29,30,31). The summed E-state index contributed by atoms with van der Waals surface area (Å²) in [5.41, 5.74) is 3.46. The van der Waals surface area contributed by atoms with Gasteiger partial charge in [0.15, 0.2) is 0 Å². The van der Waals surface area contributed by atoms with Gasteiger partial charge in [0, 0.05) is 53.4 Å². The lowest BCUT2D eigenvalue weighted by Crippen LogP contribution is -2.39. The monoisotopic (exact) mass is 499 g/mol. The number of urea groups is 1. The molecule has 184 valence electrons. The molecule has 10 heteroatoms. The van der Waals surface area contributed by atoms with Crippen LogP contribution in [0.3, 0.4) is 0 Å². The molecule has 2 heterocycles. The number of halogens is 1. The number of carbonyl (C=O) groups is 3. The summed E-state index contributed by atoms with van der Waals surface area (Å²) >= 11 is 6.29. The third kappa shape index (κ3) is 5.75. The van der Waals surface area contributed by atoms with Crippen molar-refractivity contribution in [3.05, 3.63) is 58.3 Å². The Kier molecular flexibility index (Phi) is 7.57. The summed E-state index contributed by atoms with van der Waals surface area (Å²) in [5, 5.41) is 9.21. The number of anilines is 1. The normalized spacial score (nSPS) is 15.7. The van der Waals surface area contributed by atoms with E-state index in [1.165, 1.54) is 0 Å². The van der Waals surface area contributed by atoms with E-state index in [4.69, 9.17) is 25.5 Å². The molecule has 1 unspecified atom stereocenters. The number of ether oxygens (including phenoxy) is 2. The highest BCUT2D eigenvalue weighted by molar-refractivity contribution is 6.32. The minimum Gasteiger partial charge on any atom is -0.491 e. The maximum atomic E-state index is 12.5. The quantitative estimate of drug-likeness (QED) is 0.315. The fraction of sp³-hybridized carbons (Fsp3) is 0.320. The van der Waals surface area contributed by atoms with Crippen molar-refractivity contribution in [2.75, 3.05) is 25.6 Å². The average molecular weight is 500 g/mol. The summed E-state index contributed by atoms with van der Waals surface area (Å²) < 4.78 is 16.3. The van der Waals surface area contributed by atoms with Gasteiger partial charge in [-0.2, -0.15) is 0 Å². The number of imide groups is 1. The number of rotatable bonds is 8. The van der Waals surface area contributed by atoms with Crippen LogP contribution >= 0.6 is 11.6 Å². The predicted octanol–water partition coefficient (Wildman–Crippen LogP) is 4.26. The number of amides is 4. The fourth-order valence-corrected chi connectivity index (χ4v) is 4.15. The molecule has 3 N–H and O–H groups in total. The Bertz CT molecular complexity index is 1270. The number of hydrogen-bond donors (Lipinski definition) is 3. The van der Waals surface area contributed by atoms with Crippen LogP contribution in [0.2, 0.25) is 5.02 Å². The first-order valence-electron chi connectivity index (χ1n) is 11.2. The molecule has 0 spiro atoms. The molecule has 0 radical (unpaired) electrons. The van der Waals surface area contributed by atoms with Crippen molar-refractivity contribution in [2.24, 2.45) is 0 Å². The van der Waals surface area contributed by atoms with Gasteiger partial charge in [-0.15, -0.1) is 0 Å². The number of methoxy groups -OCH3 is 1. The second kappa shape index (κ2) is 10.8. The SMILES string of the molecule is COCCOc1cc(NC(=O)NCc2ccc3occ(C4CCC(=O)NC4=O)c3c2)cc(Cl)c1C. The maximum absolute atomic E-state index is 12.5. The molecule has 0 bridgehead atoms. The molecule has 0 saturated carbocycles. The second-order valence-electron chi connectivity index (χ2n) is 8.26. The smallest absolute Gasteiger partial charge is 0.319 e. The van der Waals surface area contributed by atoms with E-state index in [1.807, 2.05) is 19.1 Å². The van der Waals surface area contributed by atoms with Crippen molar-refractivity contribution in [3.8, 4) is 5.75 Å². The lowest BCUT2D eigenvalue weighted by molar-refractivity contribution is -0.134. The van der Waals surface area contributed by atoms with E-state index in [9.17, 15) is 14.4 Å². The zero-order valence-corrected chi connectivity index (χ0v) is 20.2. The molecule has 9 nitrogen and oxygen atoms in total. The zero-order valence-electron chi connectivity index (χ0n) is 19.4. The van der Waals surface area contributed by atoms with E-state index in [2.05, 4.69) is 16.0 Å². The van der Waals surface area contributed by atoms with E-state index >= 15 is 0 Å². The van der Waals surface area contributed by atoms with E-state index in [0.717, 1.165) is 22.1 Å². The molecule has 2 aromatic carbocycles. The molecule has 4 amide bonds. The zero-order chi connectivity index (χ0) is 24.9. The van der Waals surface area contributed by atoms with Crippen LogP contribution in [0.25, 0.3) is 11.0 Å². The number of nitrogens with one attached hydrogen (secondary N) is 3. The third-order valence-electron chi connectivity index (χ3n) is 5.84. The Hall–Kier alpha value is -3.56. The predicted molar refractivity (Wildman–Crippen MR) is 131 cm³/mol. The molecule has 0 aliphatic carbocycles. The minimum atomic E-state index is -0.452. The largest absolute Gasteiger partial charge is 0.491 e. The minimum absolute atomic E-state index is 0.249. The molecule has 35 heavy (non-hydrogen) atoms. The summed E-state index contributed by atoms with van der Waals surface area (Å²) in [4.78, 5) is 36.3. The number of carbonyl (C=O) groups excluding carboxylic acids is 3. The summed E-state index contributed by atoms with van der Waals surface area (Å²) in [6.07, 6.45) is 2.27. The van der Waals surface area contributed by atoms with Crippen molar-refractivity contribution in [3.63, 3.8) is 0 Å². The Morgan fingerprint density at radius 1 is 1.23 bits per heavy atom. The maximum Gasteiger partial charge on any atom is 0.319 e. The highest BCUT2D eigenvalue weighted by Crippen LogP contribution is 2.33. The molecular formula is C25H26ClN3O6. The van der Waals surface area contributed by atoms with Crippen LogP contribution in [0, 0.1) is 6.92 Å². The van der Waals surface area contributed by atoms with E-state index in [-0.39, 0.29) is 24.8 Å². The van der Waals surface area contributed by atoms with Gasteiger partial charge in [0.1, 0.15) is 17.9 Å². The van der Waals surface area contributed by atoms with Crippen LogP contribution in [0.4, 0.5) is 10.5 Å². The van der Waals surface area contributed by atoms with Crippen molar-refractivity contribution in [2.45, 2.75) is 32.2 Å². The molecule has 4 rings (SSSR count). The Labute approximate surface area is 207 Å². The van der Waals surface area contributed by atoms with Gasteiger partial charge in [0.05, 0.1) is 18.8 Å². The van der Waals surface area contributed by atoms with Crippen LogP contribution in [0.1, 0.15) is 35.4 Å². The van der Waals surface area contributed by atoms with Crippen molar-refractivity contribution < 1.29 is 28.3 Å². The van der Waals surface area contributed by atoms with Crippen LogP contribution in [0.15, 0.2) is 41.0 Å². The molecule has 3 aromatic rings. The molecule has 1 aliphatic rings. The molecule has 1 atom stereocenters. The van der Waals surface area contributed by atoms with Crippen LogP contribution in [0.5, 0.6) is 5.75 Å². The van der Waals surface area contributed by atoms with Gasteiger partial charge in [0.2, 0.25) is 11.8 Å². The van der Waals surface area contributed by atoms with Gasteiger partial charge in [-0.25, -0.2) is 4.79 Å². The van der Waals surface area contributed by atoms with Crippen LogP contribution in [-0.4, -0.2) is 38.2 Å². The molecule has 1 aliphatic heterocycles. The molecule has 1 aromatic heterocycles. The van der Waals surface area contributed by atoms with E-state index in [0.29, 0.717) is 41.7 Å². The average Bonchev–Trinajstić information content (AvgIpc) is 3.24. The van der Waals surface area contributed by atoms with Gasteiger partial charge < -0.3 is 24.5 Å². The van der Waals surface area contributed by atoms with Crippen LogP contribution in [-0.2, 0) is 20.9 Å². The van der Waals surface area contributed by atoms with Gasteiger partial charge in [0.25, 0.3) is 0 Å². The van der Waals surface area contributed by atoms with Crippen molar-refractivity contribution in [1.82, 2.24) is 10.6 Å². The summed E-state index contributed by atoms with van der Waals surface area (Å²) in [6, 6.07) is 8.46. The summed E-state index contributed by atoms with van der Waals surface area (Å²) in [6.45, 7) is 2.88. The lowest BCUT2D eigenvalue weighted by atomic mass is 9.90. The van der Waals surface area contributed by atoms with Gasteiger partial charge in [-0.05, 0) is 37.1 Å². The van der Waals surface area contributed by atoms with E-state index in [1.54, 1.807) is 31.6 Å². The summed E-state index contributed by atoms with van der Waals surface area (Å²) in [5.74, 6) is -0.476. The molecule has 1 saturated heterocycles. The highest BCUT2D eigenvalue weighted by atomic mass is 35.5. The van der Waals surface area contributed by atoms with Crippen molar-refractivity contribution >= 4 is 46.1 Å². The van der Waals surface area contributed by atoms with Gasteiger partial charge in [-0.1, -0.05) is 17.7 Å². The van der Waals surface area contributed by atoms with Gasteiger partial charge >= 0.3 is 6.03 Å². The first kappa shape index (κ1) is 24.6. The number of furan rings is 1.